The largest absolute Gasteiger partial charge is 0.464 e. The molecule has 1 heterocycles. The molecule has 1 aromatic heterocycles. The lowest BCUT2D eigenvalue weighted by atomic mass is 10.2. The standard InChI is InChI=1S/C8H7BrN2O2/c1-13-8(12)7-6(3-2-4-9)5-10-11-7/h5H,4H2,1H3,(H,10,11). The first-order chi connectivity index (χ1) is 6.29. The minimum Gasteiger partial charge on any atom is -0.464 e. The number of aromatic amines is 1. The van der Waals surface area contributed by atoms with Crippen molar-refractivity contribution in [3.05, 3.63) is 17.5 Å². The maximum Gasteiger partial charge on any atom is 0.357 e. The van der Waals surface area contributed by atoms with Crippen molar-refractivity contribution in [1.82, 2.24) is 10.2 Å². The van der Waals surface area contributed by atoms with Crippen LogP contribution < -0.4 is 0 Å². The van der Waals surface area contributed by atoms with Crippen molar-refractivity contribution in [3.63, 3.8) is 0 Å². The first kappa shape index (κ1) is 9.81. The second-order valence-corrected chi connectivity index (χ2v) is 2.65. The van der Waals surface area contributed by atoms with Crippen molar-refractivity contribution >= 4 is 21.9 Å². The molecular weight excluding hydrogens is 236 g/mol. The van der Waals surface area contributed by atoms with Gasteiger partial charge < -0.3 is 4.74 Å². The van der Waals surface area contributed by atoms with Crippen LogP contribution in [0.2, 0.25) is 0 Å². The number of alkyl halides is 1. The summed E-state index contributed by atoms with van der Waals surface area (Å²) in [6.07, 6.45) is 1.49. The molecule has 0 unspecified atom stereocenters. The summed E-state index contributed by atoms with van der Waals surface area (Å²) in [7, 11) is 1.31. The zero-order valence-corrected chi connectivity index (χ0v) is 8.51. The highest BCUT2D eigenvalue weighted by atomic mass is 79.9. The first-order valence-corrected chi connectivity index (χ1v) is 4.58. The van der Waals surface area contributed by atoms with Gasteiger partial charge in [-0.05, 0) is 0 Å². The van der Waals surface area contributed by atoms with Crippen LogP contribution in [0.5, 0.6) is 0 Å². The van der Waals surface area contributed by atoms with Crippen LogP contribution in [0.25, 0.3) is 0 Å². The number of nitrogens with one attached hydrogen (secondary N) is 1. The number of ether oxygens (including phenoxy) is 1. The number of nitrogens with zero attached hydrogens (tertiary/aromatic N) is 1. The molecule has 4 nitrogen and oxygen atoms in total. The molecule has 5 heteroatoms. The van der Waals surface area contributed by atoms with Gasteiger partial charge in [0, 0.05) is 0 Å². The van der Waals surface area contributed by atoms with Crippen LogP contribution in [-0.4, -0.2) is 28.6 Å². The molecule has 0 spiro atoms. The Morgan fingerprint density at radius 1 is 1.85 bits per heavy atom. The molecule has 0 saturated heterocycles. The Bertz CT molecular complexity index is 362. The third-order valence-corrected chi connectivity index (χ3v) is 1.60. The summed E-state index contributed by atoms with van der Waals surface area (Å²) >= 11 is 3.15. The number of carbonyl (C=O) groups excluding carboxylic acids is 1. The van der Waals surface area contributed by atoms with Gasteiger partial charge in [-0.2, -0.15) is 5.10 Å². The minimum atomic E-state index is -0.462. The van der Waals surface area contributed by atoms with E-state index in [9.17, 15) is 4.79 Å². The number of hydrogen-bond acceptors (Lipinski definition) is 3. The first-order valence-electron chi connectivity index (χ1n) is 3.46. The lowest BCUT2D eigenvalue weighted by Gasteiger charge is -1.93. The van der Waals surface area contributed by atoms with Gasteiger partial charge in [-0.3, -0.25) is 5.10 Å². The Kier molecular flexibility index (Phi) is 3.53. The van der Waals surface area contributed by atoms with Crippen LogP contribution in [0, 0.1) is 11.8 Å². The van der Waals surface area contributed by atoms with Crippen LogP contribution in [-0.2, 0) is 4.74 Å². The molecular formula is C8H7BrN2O2. The average Bonchev–Trinajstić information content (AvgIpc) is 2.61. The quantitative estimate of drug-likeness (QED) is 0.453. The number of halogens is 1. The molecule has 1 aromatic rings. The van der Waals surface area contributed by atoms with Crippen molar-refractivity contribution < 1.29 is 9.53 Å². The fourth-order valence-corrected chi connectivity index (χ4v) is 0.907. The van der Waals surface area contributed by atoms with Crippen LogP contribution in [0.1, 0.15) is 16.1 Å². The third-order valence-electron chi connectivity index (χ3n) is 1.32. The van der Waals surface area contributed by atoms with Crippen molar-refractivity contribution in [2.75, 3.05) is 12.4 Å². The van der Waals surface area contributed by atoms with Crippen LogP contribution >= 0.6 is 15.9 Å². The Morgan fingerprint density at radius 2 is 2.62 bits per heavy atom. The highest BCUT2D eigenvalue weighted by molar-refractivity contribution is 9.09. The van der Waals surface area contributed by atoms with Gasteiger partial charge in [-0.15, -0.1) is 0 Å². The number of aromatic nitrogens is 2. The van der Waals surface area contributed by atoms with E-state index in [0.717, 1.165) is 0 Å². The summed E-state index contributed by atoms with van der Waals surface area (Å²) < 4.78 is 4.53. The highest BCUT2D eigenvalue weighted by Gasteiger charge is 2.11. The molecule has 1 N–H and O–H groups in total. The maximum absolute atomic E-state index is 11.1. The van der Waals surface area contributed by atoms with Gasteiger partial charge in [0.15, 0.2) is 5.69 Å². The SMILES string of the molecule is COC(=O)c1[nH]ncc1C#CCBr. The molecule has 68 valence electrons. The van der Waals surface area contributed by atoms with Crippen LogP contribution in [0.15, 0.2) is 6.20 Å². The van der Waals surface area contributed by atoms with E-state index in [2.05, 4.69) is 42.7 Å². The van der Waals surface area contributed by atoms with E-state index in [-0.39, 0.29) is 5.69 Å². The lowest BCUT2D eigenvalue weighted by molar-refractivity contribution is 0.0593. The van der Waals surface area contributed by atoms with Gasteiger partial charge in [0.05, 0.1) is 24.2 Å². The molecule has 0 aliphatic rings. The van der Waals surface area contributed by atoms with Gasteiger partial charge in [0.2, 0.25) is 0 Å². The summed E-state index contributed by atoms with van der Waals surface area (Å²) in [6, 6.07) is 0. The van der Waals surface area contributed by atoms with E-state index < -0.39 is 5.97 Å². The Balaban J connectivity index is 2.96. The predicted molar refractivity (Wildman–Crippen MR) is 50.6 cm³/mol. The lowest BCUT2D eigenvalue weighted by Crippen LogP contribution is -2.03. The van der Waals surface area contributed by atoms with E-state index in [0.29, 0.717) is 10.9 Å². The number of hydrogen-bond donors (Lipinski definition) is 1. The summed E-state index contributed by atoms with van der Waals surface area (Å²) in [5, 5.41) is 6.78. The number of esters is 1. The number of carbonyl (C=O) groups is 1. The van der Waals surface area contributed by atoms with Gasteiger partial charge in [-0.25, -0.2) is 4.79 Å². The topological polar surface area (TPSA) is 55.0 Å². The Morgan fingerprint density at radius 3 is 3.23 bits per heavy atom. The minimum absolute atomic E-state index is 0.288. The predicted octanol–water partition coefficient (Wildman–Crippen LogP) is 0.943. The molecule has 0 aromatic carbocycles. The summed E-state index contributed by atoms with van der Waals surface area (Å²) in [5.74, 6) is 5.07. The molecule has 0 amide bonds. The van der Waals surface area contributed by atoms with Crippen molar-refractivity contribution in [3.8, 4) is 11.8 Å². The van der Waals surface area contributed by atoms with E-state index in [4.69, 9.17) is 0 Å². The number of H-pyrrole nitrogens is 1. The summed E-state index contributed by atoms with van der Waals surface area (Å²) in [4.78, 5) is 11.1. The number of rotatable bonds is 1. The van der Waals surface area contributed by atoms with Crippen molar-refractivity contribution in [1.29, 1.82) is 0 Å². The van der Waals surface area contributed by atoms with E-state index >= 15 is 0 Å². The van der Waals surface area contributed by atoms with Crippen molar-refractivity contribution in [2.45, 2.75) is 0 Å². The van der Waals surface area contributed by atoms with E-state index in [1.807, 2.05) is 0 Å². The third kappa shape index (κ3) is 2.33. The average molecular weight is 243 g/mol. The van der Waals surface area contributed by atoms with Gasteiger partial charge in [0.25, 0.3) is 0 Å². The Labute approximate surface area is 83.8 Å². The normalized spacial score (nSPS) is 8.77. The fourth-order valence-electron chi connectivity index (χ4n) is 0.767. The van der Waals surface area contributed by atoms with E-state index in [1.165, 1.54) is 13.3 Å². The van der Waals surface area contributed by atoms with Gasteiger partial charge in [-0.1, -0.05) is 27.8 Å². The molecule has 0 bridgehead atoms. The van der Waals surface area contributed by atoms with Crippen LogP contribution in [0.4, 0.5) is 0 Å². The van der Waals surface area contributed by atoms with Gasteiger partial charge in [0.1, 0.15) is 0 Å². The molecule has 0 aliphatic carbocycles. The molecule has 1 rings (SSSR count). The molecule has 0 atom stereocenters. The molecule has 0 fully saturated rings. The van der Waals surface area contributed by atoms with Crippen LogP contribution in [0.3, 0.4) is 0 Å². The van der Waals surface area contributed by atoms with Crippen molar-refractivity contribution in [2.24, 2.45) is 0 Å². The zero-order valence-electron chi connectivity index (χ0n) is 6.93. The Hall–Kier alpha value is -1.28. The molecule has 13 heavy (non-hydrogen) atoms. The zero-order chi connectivity index (χ0) is 9.68. The molecule has 0 aliphatic heterocycles. The smallest absolute Gasteiger partial charge is 0.357 e. The summed E-state index contributed by atoms with van der Waals surface area (Å²) in [5.41, 5.74) is 0.835. The van der Waals surface area contributed by atoms with E-state index in [1.54, 1.807) is 0 Å². The number of methoxy groups -OCH3 is 1. The molecule has 0 saturated carbocycles. The maximum atomic E-state index is 11.1. The molecule has 0 radical (unpaired) electrons. The second-order valence-electron chi connectivity index (χ2n) is 2.09. The second kappa shape index (κ2) is 4.67. The fraction of sp³-hybridized carbons (Fsp3) is 0.250. The monoisotopic (exact) mass is 242 g/mol. The highest BCUT2D eigenvalue weighted by Crippen LogP contribution is 2.03. The summed E-state index contributed by atoms with van der Waals surface area (Å²) in [6.45, 7) is 0. The van der Waals surface area contributed by atoms with Gasteiger partial charge >= 0.3 is 5.97 Å².